The molecule has 2 aromatic heterocycles. The van der Waals surface area contributed by atoms with Crippen molar-refractivity contribution in [1.29, 1.82) is 0 Å². The third-order valence-corrected chi connectivity index (χ3v) is 4.69. The summed E-state index contributed by atoms with van der Waals surface area (Å²) in [5, 5.41) is 25.2. The Balaban J connectivity index is 0.000000187. The van der Waals surface area contributed by atoms with Crippen molar-refractivity contribution < 1.29 is 10.2 Å². The van der Waals surface area contributed by atoms with E-state index in [0.717, 1.165) is 0 Å². The smallest absolute Gasteiger partial charge is 0.870 e. The first kappa shape index (κ1) is 21.5. The minimum absolute atomic E-state index is 0. The molecule has 4 rings (SSSR count). The van der Waals surface area contributed by atoms with Gasteiger partial charge < -0.3 is 10.2 Å². The minimum Gasteiger partial charge on any atom is -0.870 e. The van der Waals surface area contributed by atoms with Crippen molar-refractivity contribution >= 4 is 78.3 Å². The molecule has 0 radical (unpaired) electrons. The van der Waals surface area contributed by atoms with E-state index < -0.39 is 0 Å². The standard InChI is InChI=1S/2C9H5Cl2NO.Be/c2*10-6-4-7(11)9(13)8-5(6)2-1-3-12-8;/h2*1-4,13H;/q;;+2/p-2. The number of halogens is 4. The van der Waals surface area contributed by atoms with Crippen LogP contribution in [-0.4, -0.2) is 20.1 Å². The van der Waals surface area contributed by atoms with Gasteiger partial charge in [-0.3, -0.25) is 9.97 Å². The van der Waals surface area contributed by atoms with Crippen LogP contribution < -0.4 is 10.2 Å². The van der Waals surface area contributed by atoms with Gasteiger partial charge in [-0.15, -0.1) is 0 Å². The van der Waals surface area contributed by atoms with E-state index in [0.29, 0.717) is 31.9 Å². The molecule has 0 fully saturated rings. The topological polar surface area (TPSA) is 71.9 Å². The van der Waals surface area contributed by atoms with E-state index >= 15 is 0 Å². The summed E-state index contributed by atoms with van der Waals surface area (Å²) in [6.07, 6.45) is 3.08. The Bertz CT molecular complexity index is 1040. The summed E-state index contributed by atoms with van der Waals surface area (Å²) in [6, 6.07) is 9.80. The molecule has 2 aromatic carbocycles. The van der Waals surface area contributed by atoms with Crippen molar-refractivity contribution in [3.63, 3.8) is 0 Å². The Morgan fingerprint density at radius 2 is 1.00 bits per heavy atom. The normalized spacial score (nSPS) is 10.2. The van der Waals surface area contributed by atoms with Gasteiger partial charge in [-0.2, -0.15) is 0 Å². The largest absolute Gasteiger partial charge is 2.00 e. The maximum absolute atomic E-state index is 11.4. The fourth-order valence-corrected chi connectivity index (χ4v) is 3.33. The van der Waals surface area contributed by atoms with Gasteiger partial charge in [-0.25, -0.2) is 0 Å². The second-order valence-electron chi connectivity index (χ2n) is 5.14. The zero-order valence-corrected chi connectivity index (χ0v) is 16.6. The van der Waals surface area contributed by atoms with E-state index in [-0.39, 0.29) is 31.7 Å². The first-order chi connectivity index (χ1) is 12.4. The molecule has 0 saturated carbocycles. The van der Waals surface area contributed by atoms with E-state index in [1.807, 2.05) is 0 Å². The van der Waals surface area contributed by atoms with Gasteiger partial charge in [0.05, 0.1) is 21.1 Å². The van der Waals surface area contributed by atoms with Crippen LogP contribution in [0.1, 0.15) is 0 Å². The molecule has 132 valence electrons. The van der Waals surface area contributed by atoms with Crippen molar-refractivity contribution in [1.82, 2.24) is 9.97 Å². The molecule has 0 bridgehead atoms. The number of hydrogen-bond acceptors (Lipinski definition) is 4. The minimum atomic E-state index is -0.276. The molecule has 9 heteroatoms. The van der Waals surface area contributed by atoms with Crippen molar-refractivity contribution in [3.8, 4) is 11.5 Å². The van der Waals surface area contributed by atoms with E-state index in [1.165, 1.54) is 24.5 Å². The summed E-state index contributed by atoms with van der Waals surface area (Å²) in [5.74, 6) is -0.552. The number of aromatic nitrogens is 2. The molecule has 4 nitrogen and oxygen atoms in total. The quantitative estimate of drug-likeness (QED) is 0.371. The van der Waals surface area contributed by atoms with Crippen molar-refractivity contribution in [2.45, 2.75) is 0 Å². The van der Waals surface area contributed by atoms with Crippen LogP contribution in [0.25, 0.3) is 21.8 Å². The van der Waals surface area contributed by atoms with Gasteiger partial charge in [0, 0.05) is 33.2 Å². The van der Waals surface area contributed by atoms with Gasteiger partial charge in [-0.1, -0.05) is 57.9 Å². The third-order valence-electron chi connectivity index (χ3n) is 3.50. The van der Waals surface area contributed by atoms with E-state index in [9.17, 15) is 10.2 Å². The number of nitrogens with zero attached hydrogens (tertiary/aromatic N) is 2. The van der Waals surface area contributed by atoms with E-state index in [4.69, 9.17) is 46.4 Å². The van der Waals surface area contributed by atoms with E-state index in [1.54, 1.807) is 24.3 Å². The zero-order valence-electron chi connectivity index (χ0n) is 13.5. The number of pyridine rings is 2. The Labute approximate surface area is 178 Å². The summed E-state index contributed by atoms with van der Waals surface area (Å²) < 4.78 is 0. The maximum atomic E-state index is 11.4. The second kappa shape index (κ2) is 8.92. The molecule has 0 spiro atoms. The van der Waals surface area contributed by atoms with Gasteiger partial charge in [0.1, 0.15) is 0 Å². The molecule has 0 N–H and O–H groups in total. The maximum Gasteiger partial charge on any atom is 2.00 e. The van der Waals surface area contributed by atoms with Gasteiger partial charge in [-0.05, 0) is 36.4 Å². The SMILES string of the molecule is [Be+2].[O-]c1c(Cl)cc(Cl)c2cccnc12.[O-]c1c(Cl)cc(Cl)c2cccnc12. The Kier molecular flexibility index (Phi) is 7.10. The predicted molar refractivity (Wildman–Crippen MR) is 108 cm³/mol. The molecule has 0 atom stereocenters. The molecule has 0 unspecified atom stereocenters. The first-order valence-corrected chi connectivity index (χ1v) is 8.71. The second-order valence-corrected chi connectivity index (χ2v) is 6.77. The van der Waals surface area contributed by atoms with Crippen molar-refractivity contribution in [3.05, 3.63) is 68.9 Å². The Morgan fingerprint density at radius 1 is 0.630 bits per heavy atom. The molecule has 0 amide bonds. The summed E-state index contributed by atoms with van der Waals surface area (Å²) in [5.41, 5.74) is 0.639. The molecule has 0 aliphatic heterocycles. The monoisotopic (exact) mass is 433 g/mol. The van der Waals surface area contributed by atoms with Crippen molar-refractivity contribution in [2.24, 2.45) is 0 Å². The van der Waals surface area contributed by atoms with Crippen LogP contribution in [0, 0.1) is 0 Å². The fraction of sp³-hybridized carbons (Fsp3) is 0. The van der Waals surface area contributed by atoms with Crippen LogP contribution in [0.2, 0.25) is 20.1 Å². The molecule has 0 aliphatic rings. The average Bonchev–Trinajstić information content (AvgIpc) is 2.65. The van der Waals surface area contributed by atoms with Gasteiger partial charge in [0.25, 0.3) is 0 Å². The summed E-state index contributed by atoms with van der Waals surface area (Å²) >= 11 is 23.1. The Morgan fingerprint density at radius 3 is 1.37 bits per heavy atom. The molecule has 0 aliphatic carbocycles. The van der Waals surface area contributed by atoms with Gasteiger partial charge in [0.2, 0.25) is 0 Å². The van der Waals surface area contributed by atoms with Crippen LogP contribution in [0.4, 0.5) is 0 Å². The van der Waals surface area contributed by atoms with Gasteiger partial charge in [0.15, 0.2) is 0 Å². The predicted octanol–water partition coefficient (Wildman–Crippen LogP) is 4.85. The van der Waals surface area contributed by atoms with E-state index in [2.05, 4.69) is 9.97 Å². The van der Waals surface area contributed by atoms with Crippen LogP contribution in [-0.2, 0) is 0 Å². The fourth-order valence-electron chi connectivity index (χ4n) is 2.29. The van der Waals surface area contributed by atoms with Crippen LogP contribution >= 0.6 is 46.4 Å². The average molecular weight is 435 g/mol. The van der Waals surface area contributed by atoms with Crippen LogP contribution in [0.5, 0.6) is 11.5 Å². The Hall–Kier alpha value is -1.81. The van der Waals surface area contributed by atoms with Crippen LogP contribution in [0.3, 0.4) is 0 Å². The number of rotatable bonds is 0. The van der Waals surface area contributed by atoms with Gasteiger partial charge >= 0.3 is 10.1 Å². The van der Waals surface area contributed by atoms with Crippen LogP contribution in [0.15, 0.2) is 48.8 Å². The summed E-state index contributed by atoms with van der Waals surface area (Å²) in [7, 11) is 0. The summed E-state index contributed by atoms with van der Waals surface area (Å²) in [4.78, 5) is 7.84. The third kappa shape index (κ3) is 4.37. The number of hydrogen-bond donors (Lipinski definition) is 0. The molecule has 27 heavy (non-hydrogen) atoms. The number of fused-ring (bicyclic) bond motifs is 2. The molecule has 0 saturated heterocycles. The van der Waals surface area contributed by atoms with Crippen molar-refractivity contribution in [2.75, 3.05) is 0 Å². The molecular formula is C18H8BeCl4N2O2. The molecule has 2 heterocycles. The molecular weight excluding hydrogens is 427 g/mol. The molecule has 4 aromatic rings. The first-order valence-electron chi connectivity index (χ1n) is 7.19. The number of benzene rings is 2. The summed E-state index contributed by atoms with van der Waals surface area (Å²) in [6.45, 7) is 0. The zero-order chi connectivity index (χ0) is 18.8.